The summed E-state index contributed by atoms with van der Waals surface area (Å²) in [5.41, 5.74) is 0.984. The SMILES string of the molecule is O=C(Nc1ccc(F)cc1F)c1ccc(N2C(=O)c3ccccc3C2=O)cc1. The highest BCUT2D eigenvalue weighted by atomic mass is 19.1. The highest BCUT2D eigenvalue weighted by molar-refractivity contribution is 6.34. The maximum absolute atomic E-state index is 13.7. The number of imide groups is 1. The minimum absolute atomic E-state index is 0.157. The number of carbonyl (C=O) groups excluding carboxylic acids is 3. The van der Waals surface area contributed by atoms with Gasteiger partial charge in [0.15, 0.2) is 0 Å². The van der Waals surface area contributed by atoms with Crippen LogP contribution in [0, 0.1) is 11.6 Å². The van der Waals surface area contributed by atoms with Crippen molar-refractivity contribution in [2.24, 2.45) is 0 Å². The van der Waals surface area contributed by atoms with Gasteiger partial charge in [-0.1, -0.05) is 12.1 Å². The summed E-state index contributed by atoms with van der Waals surface area (Å²) in [5, 5.41) is 2.35. The minimum atomic E-state index is -0.893. The van der Waals surface area contributed by atoms with Crippen molar-refractivity contribution >= 4 is 29.1 Å². The molecule has 0 saturated carbocycles. The van der Waals surface area contributed by atoms with Crippen LogP contribution in [0.3, 0.4) is 0 Å². The van der Waals surface area contributed by atoms with E-state index in [1.54, 1.807) is 24.3 Å². The van der Waals surface area contributed by atoms with E-state index in [1.807, 2.05) is 0 Å². The van der Waals surface area contributed by atoms with Gasteiger partial charge in [-0.05, 0) is 48.5 Å². The first-order valence-corrected chi connectivity index (χ1v) is 8.30. The highest BCUT2D eigenvalue weighted by Crippen LogP contribution is 2.28. The van der Waals surface area contributed by atoms with Crippen LogP contribution in [-0.2, 0) is 0 Å². The smallest absolute Gasteiger partial charge is 0.266 e. The summed E-state index contributed by atoms with van der Waals surface area (Å²) >= 11 is 0. The van der Waals surface area contributed by atoms with Crippen LogP contribution < -0.4 is 10.2 Å². The van der Waals surface area contributed by atoms with E-state index in [-0.39, 0.29) is 11.3 Å². The van der Waals surface area contributed by atoms with Crippen LogP contribution in [-0.4, -0.2) is 17.7 Å². The lowest BCUT2D eigenvalue weighted by Crippen LogP contribution is -2.29. The molecule has 1 N–H and O–H groups in total. The van der Waals surface area contributed by atoms with Crippen molar-refractivity contribution < 1.29 is 23.2 Å². The van der Waals surface area contributed by atoms with Gasteiger partial charge in [0.25, 0.3) is 17.7 Å². The third-order valence-corrected chi connectivity index (χ3v) is 4.36. The van der Waals surface area contributed by atoms with Crippen LogP contribution in [0.5, 0.6) is 0 Å². The molecule has 7 heteroatoms. The number of amides is 3. The van der Waals surface area contributed by atoms with Crippen LogP contribution in [0.1, 0.15) is 31.1 Å². The fraction of sp³-hybridized carbons (Fsp3) is 0. The van der Waals surface area contributed by atoms with Gasteiger partial charge in [-0.15, -0.1) is 0 Å². The molecule has 1 aliphatic rings. The topological polar surface area (TPSA) is 66.5 Å². The number of fused-ring (bicyclic) bond motifs is 1. The van der Waals surface area contributed by atoms with Crippen molar-refractivity contribution in [3.05, 3.63) is 95.1 Å². The van der Waals surface area contributed by atoms with E-state index in [2.05, 4.69) is 5.32 Å². The van der Waals surface area contributed by atoms with Gasteiger partial charge in [0.1, 0.15) is 11.6 Å². The highest BCUT2D eigenvalue weighted by Gasteiger charge is 2.36. The molecule has 0 radical (unpaired) electrons. The molecule has 3 aromatic rings. The van der Waals surface area contributed by atoms with Crippen molar-refractivity contribution in [1.29, 1.82) is 0 Å². The van der Waals surface area contributed by atoms with Gasteiger partial charge >= 0.3 is 0 Å². The normalized spacial score (nSPS) is 12.9. The third kappa shape index (κ3) is 2.92. The molecule has 1 aliphatic heterocycles. The van der Waals surface area contributed by atoms with Crippen molar-refractivity contribution in [3.63, 3.8) is 0 Å². The molecule has 138 valence electrons. The average Bonchev–Trinajstić information content (AvgIpc) is 2.95. The summed E-state index contributed by atoms with van der Waals surface area (Å²) < 4.78 is 26.6. The number of anilines is 2. The fourth-order valence-corrected chi connectivity index (χ4v) is 2.97. The standard InChI is InChI=1S/C21H12F2N2O3/c22-13-7-10-18(17(23)11-13)24-19(26)12-5-8-14(9-6-12)25-20(27)15-3-1-2-4-16(15)21(25)28/h1-11H,(H,24,26). The molecule has 0 saturated heterocycles. The number of nitrogens with zero attached hydrogens (tertiary/aromatic N) is 1. The molecule has 5 nitrogen and oxygen atoms in total. The number of rotatable bonds is 3. The van der Waals surface area contributed by atoms with Gasteiger partial charge in [-0.3, -0.25) is 14.4 Å². The minimum Gasteiger partial charge on any atom is -0.319 e. The van der Waals surface area contributed by atoms with Crippen molar-refractivity contribution in [2.45, 2.75) is 0 Å². The van der Waals surface area contributed by atoms with Crippen LogP contribution in [0.4, 0.5) is 20.2 Å². The molecule has 0 aromatic heterocycles. The Bertz CT molecular complexity index is 1090. The largest absolute Gasteiger partial charge is 0.319 e. The Morgan fingerprint density at radius 1 is 0.821 bits per heavy atom. The van der Waals surface area contributed by atoms with Gasteiger partial charge < -0.3 is 5.32 Å². The maximum atomic E-state index is 13.7. The number of halogens is 2. The number of hydrogen-bond donors (Lipinski definition) is 1. The Morgan fingerprint density at radius 3 is 2.00 bits per heavy atom. The van der Waals surface area contributed by atoms with Gasteiger partial charge in [0.05, 0.1) is 22.5 Å². The van der Waals surface area contributed by atoms with Gasteiger partial charge in [0, 0.05) is 11.6 Å². The molecular weight excluding hydrogens is 366 g/mol. The van der Waals surface area contributed by atoms with Crippen LogP contribution in [0.25, 0.3) is 0 Å². The molecule has 4 rings (SSSR count). The zero-order valence-electron chi connectivity index (χ0n) is 14.3. The van der Waals surface area contributed by atoms with E-state index in [1.165, 1.54) is 24.3 Å². The first-order valence-electron chi connectivity index (χ1n) is 8.30. The number of carbonyl (C=O) groups is 3. The monoisotopic (exact) mass is 378 g/mol. The van der Waals surface area contributed by atoms with Crippen LogP contribution in [0.2, 0.25) is 0 Å². The molecule has 0 atom stereocenters. The molecule has 3 aromatic carbocycles. The molecule has 1 heterocycles. The summed E-state index contributed by atoms with van der Waals surface area (Å²) in [4.78, 5) is 38.3. The Kier molecular flexibility index (Phi) is 4.19. The predicted octanol–water partition coefficient (Wildman–Crippen LogP) is 4.02. The molecular formula is C21H12F2N2O3. The Hall–Kier alpha value is -3.87. The van der Waals surface area contributed by atoms with E-state index in [0.29, 0.717) is 22.9 Å². The summed E-state index contributed by atoms with van der Waals surface area (Å²) in [6.07, 6.45) is 0. The molecule has 0 bridgehead atoms. The second kappa shape index (κ2) is 6.70. The van der Waals surface area contributed by atoms with E-state index >= 15 is 0 Å². The summed E-state index contributed by atoms with van der Waals surface area (Å²) in [5.74, 6) is -3.13. The van der Waals surface area contributed by atoms with Gasteiger partial charge in [-0.2, -0.15) is 0 Å². The van der Waals surface area contributed by atoms with Crippen molar-refractivity contribution in [2.75, 3.05) is 10.2 Å². The summed E-state index contributed by atoms with van der Waals surface area (Å²) in [7, 11) is 0. The Morgan fingerprint density at radius 2 is 1.43 bits per heavy atom. The first kappa shape index (κ1) is 17.5. The predicted molar refractivity (Wildman–Crippen MR) is 98.3 cm³/mol. The van der Waals surface area contributed by atoms with Gasteiger partial charge in [-0.25, -0.2) is 13.7 Å². The Balaban J connectivity index is 1.55. The quantitative estimate of drug-likeness (QED) is 0.700. The second-order valence-electron chi connectivity index (χ2n) is 6.12. The lowest BCUT2D eigenvalue weighted by atomic mass is 10.1. The van der Waals surface area contributed by atoms with Crippen LogP contribution >= 0.6 is 0 Å². The molecule has 0 spiro atoms. The molecule has 0 unspecified atom stereocenters. The van der Waals surface area contributed by atoms with E-state index in [9.17, 15) is 23.2 Å². The zero-order chi connectivity index (χ0) is 19.8. The molecule has 0 fully saturated rings. The number of nitrogens with one attached hydrogen (secondary N) is 1. The molecule has 28 heavy (non-hydrogen) atoms. The second-order valence-corrected chi connectivity index (χ2v) is 6.12. The first-order chi connectivity index (χ1) is 13.5. The Labute approximate surface area is 158 Å². The summed E-state index contributed by atoms with van der Waals surface area (Å²) in [6, 6.07) is 15.1. The number of hydrogen-bond acceptors (Lipinski definition) is 3. The fourth-order valence-electron chi connectivity index (χ4n) is 2.97. The maximum Gasteiger partial charge on any atom is 0.266 e. The molecule has 0 aliphatic carbocycles. The van der Waals surface area contributed by atoms with Gasteiger partial charge in [0.2, 0.25) is 0 Å². The summed E-state index contributed by atoms with van der Waals surface area (Å²) in [6.45, 7) is 0. The zero-order valence-corrected chi connectivity index (χ0v) is 14.3. The van der Waals surface area contributed by atoms with Crippen LogP contribution in [0.15, 0.2) is 66.7 Å². The lowest BCUT2D eigenvalue weighted by molar-refractivity contribution is 0.0925. The van der Waals surface area contributed by atoms with Crippen molar-refractivity contribution in [3.8, 4) is 0 Å². The lowest BCUT2D eigenvalue weighted by Gasteiger charge is -2.14. The number of benzene rings is 3. The van der Waals surface area contributed by atoms with E-state index in [0.717, 1.165) is 17.0 Å². The third-order valence-electron chi connectivity index (χ3n) is 4.36. The molecule has 3 amide bonds. The van der Waals surface area contributed by atoms with Crippen molar-refractivity contribution in [1.82, 2.24) is 0 Å². The van der Waals surface area contributed by atoms with E-state index in [4.69, 9.17) is 0 Å². The average molecular weight is 378 g/mol. The van der Waals surface area contributed by atoms with E-state index < -0.39 is 29.4 Å².